The third-order valence-corrected chi connectivity index (χ3v) is 5.93. The predicted molar refractivity (Wildman–Crippen MR) is 118 cm³/mol. The number of nitrogens with one attached hydrogen (secondary N) is 2. The van der Waals surface area contributed by atoms with Crippen molar-refractivity contribution in [2.45, 2.75) is 31.0 Å². The third kappa shape index (κ3) is 4.41. The summed E-state index contributed by atoms with van der Waals surface area (Å²) < 4.78 is 44.3. The number of aromatic nitrogens is 2. The SMILES string of the molecule is O=C(Nc1c[nH]c2ccc(OC3CC(c4ccc(C(F)(F)F)cc4)C3)cc12)c1cccnc1. The normalized spacial score (nSPS) is 18.0. The van der Waals surface area contributed by atoms with E-state index in [0.717, 1.165) is 41.4 Å². The van der Waals surface area contributed by atoms with Crippen molar-refractivity contribution in [1.29, 1.82) is 0 Å². The van der Waals surface area contributed by atoms with Crippen molar-refractivity contribution in [3.63, 3.8) is 0 Å². The summed E-state index contributed by atoms with van der Waals surface area (Å²) in [6.45, 7) is 0. The summed E-state index contributed by atoms with van der Waals surface area (Å²) in [4.78, 5) is 19.6. The molecule has 5 nitrogen and oxygen atoms in total. The first-order valence-corrected chi connectivity index (χ1v) is 10.5. The van der Waals surface area contributed by atoms with Gasteiger partial charge in [-0.15, -0.1) is 0 Å². The van der Waals surface area contributed by atoms with Crippen molar-refractivity contribution in [1.82, 2.24) is 9.97 Å². The van der Waals surface area contributed by atoms with Crippen LogP contribution in [0.15, 0.2) is 73.2 Å². The Morgan fingerprint density at radius 3 is 2.58 bits per heavy atom. The Balaban J connectivity index is 1.23. The molecule has 2 heterocycles. The number of carbonyl (C=O) groups is 1. The summed E-state index contributed by atoms with van der Waals surface area (Å²) in [5, 5.41) is 3.71. The molecule has 8 heteroatoms. The molecule has 5 rings (SSSR count). The number of nitrogens with zero attached hydrogens (tertiary/aromatic N) is 1. The number of anilines is 1. The molecule has 1 aliphatic carbocycles. The second-order valence-electron chi connectivity index (χ2n) is 8.13. The van der Waals surface area contributed by atoms with E-state index < -0.39 is 11.7 Å². The first-order valence-electron chi connectivity index (χ1n) is 10.5. The number of rotatable bonds is 5. The lowest BCUT2D eigenvalue weighted by Crippen LogP contribution is -2.32. The quantitative estimate of drug-likeness (QED) is 0.382. The highest BCUT2D eigenvalue weighted by Crippen LogP contribution is 2.41. The summed E-state index contributed by atoms with van der Waals surface area (Å²) >= 11 is 0. The van der Waals surface area contributed by atoms with E-state index in [1.54, 1.807) is 36.7 Å². The number of alkyl halides is 3. The second kappa shape index (κ2) is 8.27. The summed E-state index contributed by atoms with van der Waals surface area (Å²) in [6.07, 6.45) is 1.98. The fourth-order valence-corrected chi connectivity index (χ4v) is 4.04. The van der Waals surface area contributed by atoms with E-state index in [-0.39, 0.29) is 17.9 Å². The maximum atomic E-state index is 12.7. The Morgan fingerprint density at radius 1 is 1.09 bits per heavy atom. The number of halogens is 3. The number of amides is 1. The van der Waals surface area contributed by atoms with Crippen LogP contribution in [0.1, 0.15) is 40.2 Å². The fourth-order valence-electron chi connectivity index (χ4n) is 4.04. The lowest BCUT2D eigenvalue weighted by Gasteiger charge is -2.35. The number of hydrogen-bond acceptors (Lipinski definition) is 3. The molecule has 0 atom stereocenters. The van der Waals surface area contributed by atoms with E-state index in [4.69, 9.17) is 4.74 Å². The van der Waals surface area contributed by atoms with Gasteiger partial charge in [-0.1, -0.05) is 12.1 Å². The number of hydrogen-bond donors (Lipinski definition) is 2. The van der Waals surface area contributed by atoms with Gasteiger partial charge in [-0.3, -0.25) is 9.78 Å². The van der Waals surface area contributed by atoms with Gasteiger partial charge in [0.2, 0.25) is 0 Å². The number of benzene rings is 2. The first-order chi connectivity index (χ1) is 15.9. The van der Waals surface area contributed by atoms with Crippen molar-refractivity contribution in [2.24, 2.45) is 0 Å². The monoisotopic (exact) mass is 451 g/mol. The van der Waals surface area contributed by atoms with Gasteiger partial charge < -0.3 is 15.0 Å². The Bertz CT molecular complexity index is 1280. The number of H-pyrrole nitrogens is 1. The summed E-state index contributed by atoms with van der Waals surface area (Å²) in [6, 6.07) is 14.4. The minimum Gasteiger partial charge on any atom is -0.490 e. The van der Waals surface area contributed by atoms with E-state index in [9.17, 15) is 18.0 Å². The molecule has 0 unspecified atom stereocenters. The van der Waals surface area contributed by atoms with E-state index in [2.05, 4.69) is 15.3 Å². The van der Waals surface area contributed by atoms with E-state index in [0.29, 0.717) is 17.0 Å². The molecule has 0 radical (unpaired) electrons. The maximum Gasteiger partial charge on any atom is 0.416 e. The van der Waals surface area contributed by atoms with Crippen LogP contribution in [0.2, 0.25) is 0 Å². The summed E-state index contributed by atoms with van der Waals surface area (Å²) in [5.41, 5.74) is 2.22. The summed E-state index contributed by atoms with van der Waals surface area (Å²) in [5.74, 6) is 0.603. The third-order valence-electron chi connectivity index (χ3n) is 5.93. The number of fused-ring (bicyclic) bond motifs is 1. The number of pyridine rings is 1. The van der Waals surface area contributed by atoms with Gasteiger partial charge in [-0.2, -0.15) is 13.2 Å². The highest BCUT2D eigenvalue weighted by atomic mass is 19.4. The lowest BCUT2D eigenvalue weighted by atomic mass is 9.77. The van der Waals surface area contributed by atoms with Gasteiger partial charge >= 0.3 is 6.18 Å². The first kappa shape index (κ1) is 21.1. The number of aromatic amines is 1. The molecular formula is C25H20F3N3O2. The van der Waals surface area contributed by atoms with Gasteiger partial charge in [0, 0.05) is 29.5 Å². The molecule has 2 aromatic carbocycles. The molecule has 1 fully saturated rings. The topological polar surface area (TPSA) is 67.0 Å². The maximum absolute atomic E-state index is 12.7. The number of carbonyl (C=O) groups excluding carboxylic acids is 1. The van der Waals surface area contributed by atoms with Crippen LogP contribution in [0.5, 0.6) is 5.75 Å². The van der Waals surface area contributed by atoms with Crippen molar-refractivity contribution in [3.05, 3.63) is 89.9 Å². The molecule has 0 saturated heterocycles. The van der Waals surface area contributed by atoms with E-state index >= 15 is 0 Å². The molecule has 1 saturated carbocycles. The van der Waals surface area contributed by atoms with Crippen LogP contribution in [0.4, 0.5) is 18.9 Å². The van der Waals surface area contributed by atoms with Crippen molar-refractivity contribution in [2.75, 3.05) is 5.32 Å². The molecule has 4 aromatic rings. The fraction of sp³-hybridized carbons (Fsp3) is 0.200. The van der Waals surface area contributed by atoms with Crippen LogP contribution in [-0.2, 0) is 6.18 Å². The largest absolute Gasteiger partial charge is 0.490 e. The van der Waals surface area contributed by atoms with Gasteiger partial charge in [-0.05, 0) is 66.8 Å². The van der Waals surface area contributed by atoms with E-state index in [1.807, 2.05) is 18.2 Å². The average Bonchev–Trinajstić information content (AvgIpc) is 3.18. The van der Waals surface area contributed by atoms with Gasteiger partial charge in [-0.25, -0.2) is 0 Å². The Labute approximate surface area is 187 Å². The van der Waals surface area contributed by atoms with Crippen LogP contribution in [0.3, 0.4) is 0 Å². The zero-order chi connectivity index (χ0) is 23.0. The molecular weight excluding hydrogens is 431 g/mol. The molecule has 1 aliphatic rings. The lowest BCUT2D eigenvalue weighted by molar-refractivity contribution is -0.137. The molecule has 0 spiro atoms. The molecule has 0 aliphatic heterocycles. The minimum absolute atomic E-state index is 0.0119. The molecule has 0 bridgehead atoms. The summed E-state index contributed by atoms with van der Waals surface area (Å²) in [7, 11) is 0. The predicted octanol–water partition coefficient (Wildman–Crippen LogP) is 6.16. The van der Waals surface area contributed by atoms with Gasteiger partial charge in [0.05, 0.1) is 22.9 Å². The van der Waals surface area contributed by atoms with Crippen molar-refractivity contribution >= 4 is 22.5 Å². The van der Waals surface area contributed by atoms with E-state index in [1.165, 1.54) is 6.20 Å². The standard InChI is InChI=1S/C25H20F3N3O2/c26-25(27,28)18-5-3-15(4-6-18)17-10-20(11-17)33-19-7-8-22-21(12-19)23(14-30-22)31-24(32)16-2-1-9-29-13-16/h1-9,12-14,17,20,30H,10-11H2,(H,31,32). The van der Waals surface area contributed by atoms with Crippen LogP contribution < -0.4 is 10.1 Å². The Hall–Kier alpha value is -3.81. The molecule has 2 N–H and O–H groups in total. The van der Waals surface area contributed by atoms with Crippen molar-refractivity contribution < 1.29 is 22.7 Å². The highest BCUT2D eigenvalue weighted by molar-refractivity contribution is 6.09. The van der Waals surface area contributed by atoms with Crippen LogP contribution in [0, 0.1) is 0 Å². The Kier molecular flexibility index (Phi) is 5.28. The van der Waals surface area contributed by atoms with Crippen LogP contribution >= 0.6 is 0 Å². The Morgan fingerprint density at radius 2 is 1.88 bits per heavy atom. The average molecular weight is 451 g/mol. The zero-order valence-corrected chi connectivity index (χ0v) is 17.4. The van der Waals surface area contributed by atoms with Crippen LogP contribution in [-0.4, -0.2) is 22.0 Å². The smallest absolute Gasteiger partial charge is 0.416 e. The number of ether oxygens (including phenoxy) is 1. The minimum atomic E-state index is -4.32. The molecule has 33 heavy (non-hydrogen) atoms. The van der Waals surface area contributed by atoms with Gasteiger partial charge in [0.25, 0.3) is 5.91 Å². The van der Waals surface area contributed by atoms with Crippen LogP contribution in [0.25, 0.3) is 10.9 Å². The van der Waals surface area contributed by atoms with Crippen molar-refractivity contribution in [3.8, 4) is 5.75 Å². The van der Waals surface area contributed by atoms with Gasteiger partial charge in [0.1, 0.15) is 5.75 Å². The highest BCUT2D eigenvalue weighted by Gasteiger charge is 2.34. The zero-order valence-electron chi connectivity index (χ0n) is 17.4. The second-order valence-corrected chi connectivity index (χ2v) is 8.13. The molecule has 1 amide bonds. The molecule has 168 valence electrons. The molecule has 2 aromatic heterocycles. The van der Waals surface area contributed by atoms with Gasteiger partial charge in [0.15, 0.2) is 0 Å².